The van der Waals surface area contributed by atoms with Crippen molar-refractivity contribution >= 4 is 11.4 Å². The molecule has 0 spiro atoms. The molecule has 21 heavy (non-hydrogen) atoms. The van der Waals surface area contributed by atoms with Gasteiger partial charge in [0.15, 0.2) is 0 Å². The van der Waals surface area contributed by atoms with Crippen LogP contribution in [0.15, 0.2) is 24.4 Å². The van der Waals surface area contributed by atoms with Crippen LogP contribution in [-0.4, -0.2) is 31.6 Å². The fraction of sp³-hybridized carbons (Fsp3) is 0.385. The lowest BCUT2D eigenvalue weighted by Crippen LogP contribution is -2.03. The third-order valence-corrected chi connectivity index (χ3v) is 2.94. The van der Waals surface area contributed by atoms with E-state index < -0.39 is 4.92 Å². The molecule has 8 heteroatoms. The fourth-order valence-corrected chi connectivity index (χ4v) is 1.89. The minimum absolute atomic E-state index is 0.0441. The molecule has 0 fully saturated rings. The highest BCUT2D eigenvalue weighted by Crippen LogP contribution is 2.25. The molecule has 0 aliphatic rings. The summed E-state index contributed by atoms with van der Waals surface area (Å²) in [4.78, 5) is 10.6. The predicted octanol–water partition coefficient (Wildman–Crippen LogP) is 1.49. The second-order valence-electron chi connectivity index (χ2n) is 4.68. The van der Waals surface area contributed by atoms with Crippen molar-refractivity contribution in [3.63, 3.8) is 0 Å². The molecule has 112 valence electrons. The van der Waals surface area contributed by atoms with E-state index >= 15 is 0 Å². The van der Waals surface area contributed by atoms with Crippen LogP contribution in [0.3, 0.4) is 0 Å². The summed E-state index contributed by atoms with van der Waals surface area (Å²) in [6, 6.07) is 5.03. The summed E-state index contributed by atoms with van der Waals surface area (Å²) in [5, 5.41) is 30.7. The van der Waals surface area contributed by atoms with Crippen LogP contribution in [0, 0.1) is 17.0 Å². The first-order chi connectivity index (χ1) is 10.1. The molecule has 0 aliphatic heterocycles. The van der Waals surface area contributed by atoms with E-state index in [-0.39, 0.29) is 12.3 Å². The Kier molecular flexibility index (Phi) is 4.83. The standard InChI is InChI=1S/C13H17N5O3/c1-10-3-4-12(13(7-10)18(20)21)14-8-11-9-17(16-15-11)5-2-6-19/h3-4,7,9,14,19H,2,5-6,8H2,1H3. The molecule has 8 nitrogen and oxygen atoms in total. The Morgan fingerprint density at radius 2 is 2.29 bits per heavy atom. The first-order valence-corrected chi connectivity index (χ1v) is 6.59. The second-order valence-corrected chi connectivity index (χ2v) is 4.68. The number of nitro benzene ring substituents is 1. The number of rotatable bonds is 7. The number of nitrogens with zero attached hydrogens (tertiary/aromatic N) is 4. The highest BCUT2D eigenvalue weighted by Gasteiger charge is 2.13. The van der Waals surface area contributed by atoms with Crippen molar-refractivity contribution in [2.24, 2.45) is 0 Å². The van der Waals surface area contributed by atoms with Gasteiger partial charge in [0.2, 0.25) is 0 Å². The second kappa shape index (κ2) is 6.80. The first kappa shape index (κ1) is 14.9. The average Bonchev–Trinajstić information content (AvgIpc) is 2.91. The molecular formula is C13H17N5O3. The summed E-state index contributed by atoms with van der Waals surface area (Å²) < 4.78 is 1.64. The molecule has 2 N–H and O–H groups in total. The van der Waals surface area contributed by atoms with Crippen LogP contribution in [0.25, 0.3) is 0 Å². The molecule has 2 rings (SSSR count). The quantitative estimate of drug-likeness (QED) is 0.591. The molecule has 0 radical (unpaired) electrons. The Balaban J connectivity index is 2.03. The molecule has 0 amide bonds. The zero-order valence-corrected chi connectivity index (χ0v) is 11.7. The van der Waals surface area contributed by atoms with Crippen molar-refractivity contribution in [2.45, 2.75) is 26.4 Å². The van der Waals surface area contributed by atoms with Gasteiger partial charge in [-0.15, -0.1) is 5.10 Å². The number of anilines is 1. The minimum atomic E-state index is -0.409. The van der Waals surface area contributed by atoms with Crippen molar-refractivity contribution in [1.29, 1.82) is 0 Å². The monoisotopic (exact) mass is 291 g/mol. The molecule has 2 aromatic rings. The maximum Gasteiger partial charge on any atom is 0.292 e. The number of nitrogens with one attached hydrogen (secondary N) is 1. The SMILES string of the molecule is Cc1ccc(NCc2cn(CCCO)nn2)c([N+](=O)[O-])c1. The number of aliphatic hydroxyl groups is 1. The van der Waals surface area contributed by atoms with Gasteiger partial charge in [-0.2, -0.15) is 0 Å². The molecule has 0 saturated heterocycles. The van der Waals surface area contributed by atoms with Gasteiger partial charge in [0.05, 0.1) is 17.7 Å². The highest BCUT2D eigenvalue weighted by molar-refractivity contribution is 5.62. The maximum absolute atomic E-state index is 11.0. The number of aromatic nitrogens is 3. The smallest absolute Gasteiger partial charge is 0.292 e. The van der Waals surface area contributed by atoms with Gasteiger partial charge < -0.3 is 10.4 Å². The third-order valence-electron chi connectivity index (χ3n) is 2.94. The minimum Gasteiger partial charge on any atom is -0.396 e. The topological polar surface area (TPSA) is 106 Å². The van der Waals surface area contributed by atoms with Crippen molar-refractivity contribution in [3.8, 4) is 0 Å². The van der Waals surface area contributed by atoms with Gasteiger partial charge in [-0.25, -0.2) is 0 Å². The van der Waals surface area contributed by atoms with Crippen molar-refractivity contribution < 1.29 is 10.0 Å². The Morgan fingerprint density at radius 1 is 1.48 bits per heavy atom. The van der Waals surface area contributed by atoms with E-state index in [1.165, 1.54) is 6.07 Å². The van der Waals surface area contributed by atoms with E-state index in [0.29, 0.717) is 30.9 Å². The maximum atomic E-state index is 11.0. The van der Waals surface area contributed by atoms with Crippen LogP contribution in [0.2, 0.25) is 0 Å². The third kappa shape index (κ3) is 3.99. The van der Waals surface area contributed by atoms with Gasteiger partial charge in [-0.3, -0.25) is 14.8 Å². The zero-order chi connectivity index (χ0) is 15.2. The van der Waals surface area contributed by atoms with E-state index in [1.54, 1.807) is 16.9 Å². The summed E-state index contributed by atoms with van der Waals surface area (Å²) in [6.07, 6.45) is 2.36. The lowest BCUT2D eigenvalue weighted by atomic mass is 10.2. The van der Waals surface area contributed by atoms with E-state index in [1.807, 2.05) is 13.0 Å². The van der Waals surface area contributed by atoms with Gasteiger partial charge in [-0.05, 0) is 25.0 Å². The van der Waals surface area contributed by atoms with Crippen LogP contribution in [-0.2, 0) is 13.1 Å². The van der Waals surface area contributed by atoms with Gasteiger partial charge >= 0.3 is 0 Å². The van der Waals surface area contributed by atoms with E-state index in [4.69, 9.17) is 5.11 Å². The van der Waals surface area contributed by atoms with E-state index in [9.17, 15) is 10.1 Å². The first-order valence-electron chi connectivity index (χ1n) is 6.59. The number of hydrogen-bond donors (Lipinski definition) is 2. The number of nitro groups is 1. The summed E-state index contributed by atoms with van der Waals surface area (Å²) in [5.74, 6) is 0. The van der Waals surface area contributed by atoms with Gasteiger partial charge in [0, 0.05) is 19.2 Å². The van der Waals surface area contributed by atoms with Crippen LogP contribution in [0.4, 0.5) is 11.4 Å². The Bertz CT molecular complexity index is 626. The van der Waals surface area contributed by atoms with Crippen molar-refractivity contribution in [2.75, 3.05) is 11.9 Å². The molecule has 0 atom stereocenters. The summed E-state index contributed by atoms with van der Waals surface area (Å²) >= 11 is 0. The molecule has 0 unspecified atom stereocenters. The lowest BCUT2D eigenvalue weighted by molar-refractivity contribution is -0.384. The normalized spacial score (nSPS) is 10.6. The molecular weight excluding hydrogens is 274 g/mol. The molecule has 1 aromatic carbocycles. The molecule has 0 bridgehead atoms. The molecule has 1 heterocycles. The van der Waals surface area contributed by atoms with Crippen LogP contribution in [0.1, 0.15) is 17.7 Å². The number of benzene rings is 1. The number of hydrogen-bond acceptors (Lipinski definition) is 6. The molecule has 1 aromatic heterocycles. The average molecular weight is 291 g/mol. The van der Waals surface area contributed by atoms with Gasteiger partial charge in [0.25, 0.3) is 5.69 Å². The van der Waals surface area contributed by atoms with E-state index in [2.05, 4.69) is 15.6 Å². The largest absolute Gasteiger partial charge is 0.396 e. The molecule has 0 aliphatic carbocycles. The van der Waals surface area contributed by atoms with Crippen LogP contribution in [0.5, 0.6) is 0 Å². The summed E-state index contributed by atoms with van der Waals surface area (Å²) in [6.45, 7) is 2.85. The Labute approximate surface area is 121 Å². The molecule has 0 saturated carbocycles. The number of aliphatic hydroxyl groups excluding tert-OH is 1. The Morgan fingerprint density at radius 3 is 3.00 bits per heavy atom. The van der Waals surface area contributed by atoms with Gasteiger partial charge in [-0.1, -0.05) is 11.3 Å². The zero-order valence-electron chi connectivity index (χ0n) is 11.7. The Hall–Kier alpha value is -2.48. The fourth-order valence-electron chi connectivity index (χ4n) is 1.89. The van der Waals surface area contributed by atoms with E-state index in [0.717, 1.165) is 5.56 Å². The van der Waals surface area contributed by atoms with Crippen molar-refractivity contribution in [1.82, 2.24) is 15.0 Å². The predicted molar refractivity (Wildman–Crippen MR) is 76.9 cm³/mol. The number of aryl methyl sites for hydroxylation is 2. The summed E-state index contributed by atoms with van der Waals surface area (Å²) in [7, 11) is 0. The lowest BCUT2D eigenvalue weighted by Gasteiger charge is -2.05. The van der Waals surface area contributed by atoms with Gasteiger partial charge in [0.1, 0.15) is 11.4 Å². The van der Waals surface area contributed by atoms with Crippen molar-refractivity contribution in [3.05, 3.63) is 45.8 Å². The van der Waals surface area contributed by atoms with Crippen LogP contribution < -0.4 is 5.32 Å². The highest BCUT2D eigenvalue weighted by atomic mass is 16.6. The summed E-state index contributed by atoms with van der Waals surface area (Å²) in [5.41, 5.74) is 2.02. The van der Waals surface area contributed by atoms with Crippen LogP contribution >= 0.6 is 0 Å².